The Hall–Kier alpha value is -0.370. The van der Waals surface area contributed by atoms with Crippen LogP contribution < -0.4 is 0 Å². The van der Waals surface area contributed by atoms with E-state index >= 15 is 0 Å². The molecule has 1 fully saturated rings. The average Bonchev–Trinajstić information content (AvgIpc) is 2.56. The molecule has 0 spiro atoms. The van der Waals surface area contributed by atoms with Gasteiger partial charge in [0, 0.05) is 16.7 Å². The van der Waals surface area contributed by atoms with Crippen molar-refractivity contribution >= 4 is 15.9 Å². The molecule has 2 atom stereocenters. The first-order valence-electron chi connectivity index (χ1n) is 6.87. The van der Waals surface area contributed by atoms with E-state index in [1.165, 1.54) is 43.4 Å². The van der Waals surface area contributed by atoms with Crippen molar-refractivity contribution < 1.29 is 0 Å². The topological polar surface area (TPSA) is 12.9 Å². The van der Waals surface area contributed by atoms with Crippen LogP contribution in [-0.2, 0) is 12.8 Å². The summed E-state index contributed by atoms with van der Waals surface area (Å²) < 4.78 is 0. The summed E-state index contributed by atoms with van der Waals surface area (Å²) in [5, 5.41) is 0. The third-order valence-electron chi connectivity index (χ3n) is 3.83. The number of alkyl halides is 1. The minimum absolute atomic E-state index is 0.692. The second-order valence-electron chi connectivity index (χ2n) is 5.13. The molecule has 1 aromatic rings. The smallest absolute Gasteiger partial charge is 0.0406 e. The lowest BCUT2D eigenvalue weighted by Crippen LogP contribution is -2.16. The van der Waals surface area contributed by atoms with Gasteiger partial charge in [-0.2, -0.15) is 0 Å². The second kappa shape index (κ2) is 6.53. The molecule has 2 rings (SSSR count). The molecule has 0 N–H and O–H groups in total. The largest absolute Gasteiger partial charge is 0.261 e. The van der Waals surface area contributed by atoms with Gasteiger partial charge in [0.05, 0.1) is 0 Å². The van der Waals surface area contributed by atoms with Gasteiger partial charge in [-0.1, -0.05) is 48.2 Å². The highest BCUT2D eigenvalue weighted by molar-refractivity contribution is 9.09. The van der Waals surface area contributed by atoms with Gasteiger partial charge < -0.3 is 0 Å². The SMILES string of the molecule is CCc1ccc(CC2CCCCCC2Br)nc1. The maximum absolute atomic E-state index is 4.59. The van der Waals surface area contributed by atoms with Gasteiger partial charge in [0.25, 0.3) is 0 Å². The molecule has 94 valence electrons. The molecule has 0 saturated heterocycles. The molecular formula is C15H22BrN. The highest BCUT2D eigenvalue weighted by Gasteiger charge is 2.21. The summed E-state index contributed by atoms with van der Waals surface area (Å²) in [6.45, 7) is 2.18. The Labute approximate surface area is 113 Å². The van der Waals surface area contributed by atoms with Gasteiger partial charge in [0.15, 0.2) is 0 Å². The number of aromatic nitrogens is 1. The lowest BCUT2D eigenvalue weighted by Gasteiger charge is -2.19. The number of rotatable bonds is 3. The van der Waals surface area contributed by atoms with E-state index in [1.54, 1.807) is 0 Å². The Balaban J connectivity index is 1.98. The number of pyridine rings is 1. The van der Waals surface area contributed by atoms with E-state index in [-0.39, 0.29) is 0 Å². The van der Waals surface area contributed by atoms with Crippen molar-refractivity contribution in [1.82, 2.24) is 4.98 Å². The summed E-state index contributed by atoms with van der Waals surface area (Å²) in [6, 6.07) is 4.44. The van der Waals surface area contributed by atoms with Gasteiger partial charge in [-0.05, 0) is 43.2 Å². The molecule has 1 nitrogen and oxygen atoms in total. The standard InChI is InChI=1S/C15H22BrN/c1-2-12-8-9-14(17-11-12)10-13-6-4-3-5-7-15(13)16/h8-9,11,13,15H,2-7,10H2,1H3. The minimum atomic E-state index is 0.692. The molecule has 1 saturated carbocycles. The quantitative estimate of drug-likeness (QED) is 0.590. The van der Waals surface area contributed by atoms with E-state index < -0.39 is 0 Å². The Morgan fingerprint density at radius 1 is 1.24 bits per heavy atom. The molecule has 1 aliphatic rings. The first kappa shape index (κ1) is 13.1. The highest BCUT2D eigenvalue weighted by atomic mass is 79.9. The summed E-state index contributed by atoms with van der Waals surface area (Å²) in [4.78, 5) is 5.28. The van der Waals surface area contributed by atoms with Gasteiger partial charge in [-0.15, -0.1) is 0 Å². The first-order valence-corrected chi connectivity index (χ1v) is 7.79. The number of hydrogen-bond donors (Lipinski definition) is 0. The molecule has 2 heteroatoms. The summed E-state index contributed by atoms with van der Waals surface area (Å²) in [7, 11) is 0. The fraction of sp³-hybridized carbons (Fsp3) is 0.667. The molecule has 0 bridgehead atoms. The average molecular weight is 296 g/mol. The zero-order valence-electron chi connectivity index (χ0n) is 10.7. The van der Waals surface area contributed by atoms with Crippen molar-refractivity contribution in [2.75, 3.05) is 0 Å². The van der Waals surface area contributed by atoms with Gasteiger partial charge in [0.2, 0.25) is 0 Å². The summed E-state index contributed by atoms with van der Waals surface area (Å²) in [5.41, 5.74) is 2.60. The summed E-state index contributed by atoms with van der Waals surface area (Å²) in [5.74, 6) is 0.775. The third-order valence-corrected chi connectivity index (χ3v) is 5.04. The molecule has 2 unspecified atom stereocenters. The lowest BCUT2D eigenvalue weighted by molar-refractivity contribution is 0.470. The van der Waals surface area contributed by atoms with Crippen LogP contribution in [0.15, 0.2) is 18.3 Å². The van der Waals surface area contributed by atoms with E-state index in [0.29, 0.717) is 4.83 Å². The number of hydrogen-bond acceptors (Lipinski definition) is 1. The Kier molecular flexibility index (Phi) is 5.02. The fourth-order valence-electron chi connectivity index (χ4n) is 2.62. The van der Waals surface area contributed by atoms with Crippen molar-refractivity contribution in [1.29, 1.82) is 0 Å². The van der Waals surface area contributed by atoms with Gasteiger partial charge >= 0.3 is 0 Å². The van der Waals surface area contributed by atoms with Crippen LogP contribution in [0.4, 0.5) is 0 Å². The lowest BCUT2D eigenvalue weighted by atomic mass is 9.94. The molecule has 0 aromatic carbocycles. The van der Waals surface area contributed by atoms with Crippen molar-refractivity contribution in [2.24, 2.45) is 5.92 Å². The maximum atomic E-state index is 4.59. The normalized spacial score (nSPS) is 25.5. The van der Waals surface area contributed by atoms with E-state index in [2.05, 4.69) is 40.0 Å². The van der Waals surface area contributed by atoms with E-state index in [1.807, 2.05) is 6.20 Å². The first-order chi connectivity index (χ1) is 8.29. The van der Waals surface area contributed by atoms with Crippen LogP contribution in [0.2, 0.25) is 0 Å². The molecule has 0 amide bonds. The molecular weight excluding hydrogens is 274 g/mol. The van der Waals surface area contributed by atoms with Crippen LogP contribution in [0.3, 0.4) is 0 Å². The van der Waals surface area contributed by atoms with Crippen LogP contribution in [0.1, 0.15) is 50.3 Å². The predicted octanol–water partition coefficient (Wildman–Crippen LogP) is 4.53. The van der Waals surface area contributed by atoms with Crippen LogP contribution in [-0.4, -0.2) is 9.81 Å². The minimum Gasteiger partial charge on any atom is -0.261 e. The molecule has 17 heavy (non-hydrogen) atoms. The van der Waals surface area contributed by atoms with Gasteiger partial charge in [0.1, 0.15) is 0 Å². The van der Waals surface area contributed by atoms with Crippen molar-refractivity contribution in [2.45, 2.75) is 56.7 Å². The number of halogens is 1. The van der Waals surface area contributed by atoms with Crippen LogP contribution in [0, 0.1) is 5.92 Å². The zero-order valence-corrected chi connectivity index (χ0v) is 12.2. The summed E-state index contributed by atoms with van der Waals surface area (Å²) in [6.07, 6.45) is 11.1. The second-order valence-corrected chi connectivity index (χ2v) is 6.31. The Morgan fingerprint density at radius 3 is 2.76 bits per heavy atom. The van der Waals surface area contributed by atoms with Crippen LogP contribution in [0.25, 0.3) is 0 Å². The number of aryl methyl sites for hydroxylation is 1. The van der Waals surface area contributed by atoms with Crippen molar-refractivity contribution in [3.05, 3.63) is 29.6 Å². The predicted molar refractivity (Wildman–Crippen MR) is 76.6 cm³/mol. The molecule has 0 radical (unpaired) electrons. The fourth-order valence-corrected chi connectivity index (χ4v) is 3.40. The highest BCUT2D eigenvalue weighted by Crippen LogP contribution is 2.30. The van der Waals surface area contributed by atoms with Crippen molar-refractivity contribution in [3.63, 3.8) is 0 Å². The van der Waals surface area contributed by atoms with Crippen LogP contribution >= 0.6 is 15.9 Å². The zero-order chi connectivity index (χ0) is 12.1. The maximum Gasteiger partial charge on any atom is 0.0406 e. The molecule has 1 aromatic heterocycles. The molecule has 1 aliphatic carbocycles. The van der Waals surface area contributed by atoms with Crippen molar-refractivity contribution in [3.8, 4) is 0 Å². The van der Waals surface area contributed by atoms with Gasteiger partial charge in [-0.25, -0.2) is 0 Å². The Morgan fingerprint density at radius 2 is 2.06 bits per heavy atom. The number of nitrogens with zero attached hydrogens (tertiary/aromatic N) is 1. The monoisotopic (exact) mass is 295 g/mol. The van der Waals surface area contributed by atoms with E-state index in [9.17, 15) is 0 Å². The van der Waals surface area contributed by atoms with E-state index in [4.69, 9.17) is 0 Å². The molecule has 1 heterocycles. The summed E-state index contributed by atoms with van der Waals surface area (Å²) >= 11 is 3.86. The Bertz CT molecular complexity index is 333. The third kappa shape index (κ3) is 3.80. The molecule has 0 aliphatic heterocycles. The van der Waals surface area contributed by atoms with Gasteiger partial charge in [-0.3, -0.25) is 4.98 Å². The van der Waals surface area contributed by atoms with Crippen LogP contribution in [0.5, 0.6) is 0 Å². The van der Waals surface area contributed by atoms with E-state index in [0.717, 1.165) is 18.8 Å².